The Morgan fingerprint density at radius 3 is 2.18 bits per heavy atom. The van der Waals surface area contributed by atoms with Crippen molar-refractivity contribution in [1.29, 1.82) is 0 Å². The Balaban J connectivity index is 2.20. The van der Waals surface area contributed by atoms with E-state index in [-0.39, 0.29) is 29.1 Å². The van der Waals surface area contributed by atoms with E-state index in [1.54, 1.807) is 6.92 Å². The predicted octanol–water partition coefficient (Wildman–Crippen LogP) is 1.83. The quantitative estimate of drug-likeness (QED) is 0.569. The number of rotatable bonds is 5. The number of carbonyl (C=O) groups is 3. The molecule has 22 heavy (non-hydrogen) atoms. The van der Waals surface area contributed by atoms with E-state index in [1.165, 1.54) is 14.2 Å². The lowest BCUT2D eigenvalue weighted by molar-refractivity contribution is -0.147. The summed E-state index contributed by atoms with van der Waals surface area (Å²) in [6.07, 6.45) is 1.85. The summed E-state index contributed by atoms with van der Waals surface area (Å²) in [4.78, 5) is 36.0. The second kappa shape index (κ2) is 5.94. The zero-order valence-electron chi connectivity index (χ0n) is 13.3. The molecule has 0 aromatic rings. The minimum atomic E-state index is -0.577. The van der Waals surface area contributed by atoms with Gasteiger partial charge in [0, 0.05) is 17.6 Å². The fourth-order valence-electron chi connectivity index (χ4n) is 2.80. The Morgan fingerprint density at radius 1 is 1.09 bits per heavy atom. The highest BCUT2D eigenvalue weighted by Gasteiger charge is 2.39. The number of hydrogen-bond acceptors (Lipinski definition) is 6. The zero-order chi connectivity index (χ0) is 16.5. The van der Waals surface area contributed by atoms with Crippen LogP contribution in [-0.2, 0) is 28.6 Å². The number of ketones is 2. The van der Waals surface area contributed by atoms with Crippen LogP contribution in [0.5, 0.6) is 0 Å². The second-order valence-electron chi connectivity index (χ2n) is 5.75. The van der Waals surface area contributed by atoms with E-state index in [9.17, 15) is 14.4 Å². The minimum absolute atomic E-state index is 0.0627. The molecule has 0 aromatic carbocycles. The van der Waals surface area contributed by atoms with Crippen LogP contribution in [0.3, 0.4) is 0 Å². The Hall–Kier alpha value is -2.11. The van der Waals surface area contributed by atoms with Crippen molar-refractivity contribution < 1.29 is 28.6 Å². The fourth-order valence-corrected chi connectivity index (χ4v) is 2.80. The summed E-state index contributed by atoms with van der Waals surface area (Å²) >= 11 is 0. The van der Waals surface area contributed by atoms with Crippen LogP contribution in [0.1, 0.15) is 39.5 Å². The molecule has 0 saturated carbocycles. The van der Waals surface area contributed by atoms with Crippen LogP contribution < -0.4 is 0 Å². The highest BCUT2D eigenvalue weighted by molar-refractivity contribution is 6.23. The summed E-state index contributed by atoms with van der Waals surface area (Å²) in [7, 11) is 2.66. The molecule has 0 amide bonds. The van der Waals surface area contributed by atoms with Crippen LogP contribution >= 0.6 is 0 Å². The first-order valence-electron chi connectivity index (χ1n) is 7.16. The van der Waals surface area contributed by atoms with Gasteiger partial charge in [0.2, 0.25) is 23.1 Å². The van der Waals surface area contributed by atoms with Gasteiger partial charge in [-0.3, -0.25) is 14.4 Å². The molecule has 0 radical (unpaired) electrons. The molecule has 0 N–H and O–H groups in total. The topological polar surface area (TPSA) is 78.9 Å². The Labute approximate surface area is 129 Å². The molecule has 120 valence electrons. The third kappa shape index (κ3) is 2.77. The molecule has 1 heterocycles. The monoisotopic (exact) mass is 308 g/mol. The number of hydrogen-bond donors (Lipinski definition) is 0. The highest BCUT2D eigenvalue weighted by Crippen LogP contribution is 2.35. The van der Waals surface area contributed by atoms with Gasteiger partial charge in [-0.2, -0.15) is 0 Å². The van der Waals surface area contributed by atoms with Crippen LogP contribution in [0.2, 0.25) is 0 Å². The van der Waals surface area contributed by atoms with E-state index in [0.717, 1.165) is 0 Å². The number of esters is 1. The third-order valence-electron chi connectivity index (χ3n) is 4.22. The summed E-state index contributed by atoms with van der Waals surface area (Å²) in [6.45, 7) is 3.45. The minimum Gasteiger partial charge on any atom is -0.489 e. The van der Waals surface area contributed by atoms with Crippen molar-refractivity contribution in [2.45, 2.75) is 45.1 Å². The molecule has 1 aliphatic heterocycles. The van der Waals surface area contributed by atoms with Gasteiger partial charge >= 0.3 is 5.97 Å². The summed E-state index contributed by atoms with van der Waals surface area (Å²) in [5.41, 5.74) is 0.175. The first-order valence-corrected chi connectivity index (χ1v) is 7.16. The smallest absolute Gasteiger partial charge is 0.306 e. The third-order valence-corrected chi connectivity index (χ3v) is 4.22. The van der Waals surface area contributed by atoms with Gasteiger partial charge in [-0.25, -0.2) is 0 Å². The largest absolute Gasteiger partial charge is 0.489 e. The molecular formula is C16H20O6. The number of Topliss-reactive ketones (excluding diaryl/α,β-unsaturated/α-hetero) is 2. The van der Waals surface area contributed by atoms with Gasteiger partial charge in [0.25, 0.3) is 0 Å². The number of carbonyl (C=O) groups excluding carboxylic acids is 3. The molecule has 1 saturated heterocycles. The molecule has 6 nitrogen and oxygen atoms in total. The average molecular weight is 308 g/mol. The average Bonchev–Trinajstić information content (AvgIpc) is 2.82. The van der Waals surface area contributed by atoms with Gasteiger partial charge in [0.05, 0.1) is 14.2 Å². The van der Waals surface area contributed by atoms with Crippen molar-refractivity contribution >= 4 is 17.5 Å². The van der Waals surface area contributed by atoms with E-state index in [1.807, 2.05) is 6.92 Å². The van der Waals surface area contributed by atoms with Crippen molar-refractivity contribution in [3.05, 3.63) is 22.7 Å². The van der Waals surface area contributed by atoms with E-state index < -0.39 is 5.60 Å². The van der Waals surface area contributed by atoms with Crippen LogP contribution in [0.4, 0.5) is 0 Å². The maximum Gasteiger partial charge on any atom is 0.306 e. The maximum atomic E-state index is 12.5. The van der Waals surface area contributed by atoms with Crippen molar-refractivity contribution in [2.24, 2.45) is 0 Å². The molecule has 0 unspecified atom stereocenters. The zero-order valence-corrected chi connectivity index (χ0v) is 13.3. The Kier molecular flexibility index (Phi) is 4.39. The molecule has 0 bridgehead atoms. The van der Waals surface area contributed by atoms with E-state index in [0.29, 0.717) is 36.8 Å². The van der Waals surface area contributed by atoms with Gasteiger partial charge in [0.1, 0.15) is 5.60 Å². The number of allylic oxidation sites excluding steroid dienone is 2. The molecule has 1 fully saturated rings. The van der Waals surface area contributed by atoms with Gasteiger partial charge in [-0.15, -0.1) is 0 Å². The number of ether oxygens (including phenoxy) is 3. The SMILES string of the molecule is COC1=C(OC)C(=O)C(CC[C@@]2(C)CCC(=O)O2)=C(C)C1=O. The van der Waals surface area contributed by atoms with Crippen LogP contribution in [0.25, 0.3) is 0 Å². The Morgan fingerprint density at radius 2 is 1.68 bits per heavy atom. The van der Waals surface area contributed by atoms with Crippen LogP contribution in [0, 0.1) is 0 Å². The van der Waals surface area contributed by atoms with E-state index in [2.05, 4.69) is 0 Å². The van der Waals surface area contributed by atoms with E-state index >= 15 is 0 Å². The van der Waals surface area contributed by atoms with Crippen molar-refractivity contribution in [3.8, 4) is 0 Å². The summed E-state index contributed by atoms with van der Waals surface area (Å²) in [5.74, 6) is -1.04. The van der Waals surface area contributed by atoms with Gasteiger partial charge in [0.15, 0.2) is 0 Å². The number of cyclic esters (lactones) is 1. The number of methoxy groups -OCH3 is 2. The van der Waals surface area contributed by atoms with Crippen LogP contribution in [-0.4, -0.2) is 37.4 Å². The van der Waals surface area contributed by atoms with Crippen molar-refractivity contribution in [1.82, 2.24) is 0 Å². The lowest BCUT2D eigenvalue weighted by Gasteiger charge is -2.25. The predicted molar refractivity (Wildman–Crippen MR) is 76.7 cm³/mol. The molecule has 0 spiro atoms. The molecule has 2 aliphatic rings. The van der Waals surface area contributed by atoms with Gasteiger partial charge < -0.3 is 14.2 Å². The molecule has 1 aliphatic carbocycles. The standard InChI is InChI=1S/C16H20O6/c1-9-10(5-7-16(2)8-6-11(17)22-16)13(19)15(21-4)14(20-3)12(9)18/h5-8H2,1-4H3/t16-/m0/s1. The first kappa shape index (κ1) is 16.3. The van der Waals surface area contributed by atoms with E-state index in [4.69, 9.17) is 14.2 Å². The summed E-state index contributed by atoms with van der Waals surface area (Å²) in [5, 5.41) is 0. The highest BCUT2D eigenvalue weighted by atomic mass is 16.6. The van der Waals surface area contributed by atoms with Gasteiger partial charge in [-0.1, -0.05) is 0 Å². The molecule has 2 rings (SSSR count). The van der Waals surface area contributed by atoms with Crippen molar-refractivity contribution in [2.75, 3.05) is 14.2 Å². The van der Waals surface area contributed by atoms with Crippen LogP contribution in [0.15, 0.2) is 22.7 Å². The maximum absolute atomic E-state index is 12.5. The normalized spacial score (nSPS) is 25.7. The fraction of sp³-hybridized carbons (Fsp3) is 0.562. The summed E-state index contributed by atoms with van der Waals surface area (Å²) in [6, 6.07) is 0. The first-order chi connectivity index (χ1) is 10.3. The molecular weight excluding hydrogens is 288 g/mol. The second-order valence-corrected chi connectivity index (χ2v) is 5.75. The Bertz CT molecular complexity index is 598. The molecule has 1 atom stereocenters. The van der Waals surface area contributed by atoms with Gasteiger partial charge in [-0.05, 0) is 33.1 Å². The molecule has 6 heteroatoms. The lowest BCUT2D eigenvalue weighted by atomic mass is 9.86. The lowest BCUT2D eigenvalue weighted by Crippen LogP contribution is -2.28. The molecule has 0 aromatic heterocycles. The summed E-state index contributed by atoms with van der Waals surface area (Å²) < 4.78 is 15.3. The van der Waals surface area contributed by atoms with Crippen molar-refractivity contribution in [3.63, 3.8) is 0 Å².